The summed E-state index contributed by atoms with van der Waals surface area (Å²) in [6.07, 6.45) is 3.05. The van der Waals surface area contributed by atoms with Crippen molar-refractivity contribution in [1.82, 2.24) is 15.2 Å². The minimum Gasteiger partial charge on any atom is -0.464 e. The van der Waals surface area contributed by atoms with Crippen molar-refractivity contribution in [2.45, 2.75) is 39.5 Å². The molecule has 7 nitrogen and oxygen atoms in total. The van der Waals surface area contributed by atoms with E-state index in [0.29, 0.717) is 19.5 Å². The summed E-state index contributed by atoms with van der Waals surface area (Å²) in [5.74, 6) is 0.108. The van der Waals surface area contributed by atoms with Gasteiger partial charge in [-0.3, -0.25) is 9.78 Å². The van der Waals surface area contributed by atoms with E-state index in [0.717, 1.165) is 27.0 Å². The van der Waals surface area contributed by atoms with Crippen molar-refractivity contribution in [3.8, 4) is 0 Å². The molecule has 4 aromatic rings. The number of nitrogens with zero attached hydrogens (tertiary/aromatic N) is 2. The molecule has 0 spiro atoms. The van der Waals surface area contributed by atoms with E-state index in [2.05, 4.69) is 24.1 Å². The monoisotopic (exact) mass is 491 g/mol. The second-order valence-corrected chi connectivity index (χ2v) is 9.81. The molecule has 1 atom stereocenters. The van der Waals surface area contributed by atoms with Gasteiger partial charge < -0.3 is 19.4 Å². The van der Waals surface area contributed by atoms with Gasteiger partial charge in [0.1, 0.15) is 18.2 Å². The zero-order chi connectivity index (χ0) is 24.6. The number of hydrogen-bond acceptors (Lipinski definition) is 6. The van der Waals surface area contributed by atoms with Gasteiger partial charge in [0.2, 0.25) is 5.91 Å². The van der Waals surface area contributed by atoms with Crippen molar-refractivity contribution in [3.05, 3.63) is 88.6 Å². The van der Waals surface area contributed by atoms with Gasteiger partial charge in [-0.05, 0) is 35.2 Å². The highest BCUT2D eigenvalue weighted by atomic mass is 32.1. The predicted molar refractivity (Wildman–Crippen MR) is 136 cm³/mol. The molecule has 0 saturated carbocycles. The smallest absolute Gasteiger partial charge is 0.408 e. The molecule has 2 heterocycles. The standard InChI is InChI=1S/C27H29N3O4S/c1-19(2)15-30(16-21-8-9-25-22(12-21)10-11-33-25)26(31)24(13-20-6-4-3-5-7-20)29-27(32)34-17-23-14-28-18-35-23/h3-12,14,18-19,24H,13,15-17H2,1-2H3,(H,29,32)/t24-/m0/s1. The van der Waals surface area contributed by atoms with Gasteiger partial charge in [-0.25, -0.2) is 4.79 Å². The summed E-state index contributed by atoms with van der Waals surface area (Å²) in [5.41, 5.74) is 4.45. The van der Waals surface area contributed by atoms with Crippen LogP contribution in [0.2, 0.25) is 0 Å². The summed E-state index contributed by atoms with van der Waals surface area (Å²) in [6, 6.07) is 16.7. The molecule has 0 bridgehead atoms. The van der Waals surface area contributed by atoms with Crippen LogP contribution in [0.1, 0.15) is 29.9 Å². The predicted octanol–water partition coefficient (Wildman–Crippen LogP) is 5.41. The minimum atomic E-state index is -0.761. The number of alkyl carbamates (subject to hydrolysis) is 1. The number of fused-ring (bicyclic) bond motifs is 1. The molecule has 0 aliphatic heterocycles. The van der Waals surface area contributed by atoms with Crippen LogP contribution < -0.4 is 5.32 Å². The van der Waals surface area contributed by atoms with Gasteiger partial charge in [0.25, 0.3) is 0 Å². The van der Waals surface area contributed by atoms with Crippen LogP contribution >= 0.6 is 11.3 Å². The lowest BCUT2D eigenvalue weighted by molar-refractivity contribution is -0.134. The average Bonchev–Trinajstić information content (AvgIpc) is 3.53. The Bertz CT molecular complexity index is 1240. The number of carbonyl (C=O) groups excluding carboxylic acids is 2. The van der Waals surface area contributed by atoms with Crippen LogP contribution in [-0.4, -0.2) is 34.5 Å². The molecule has 2 aromatic heterocycles. The fourth-order valence-electron chi connectivity index (χ4n) is 3.91. The van der Waals surface area contributed by atoms with Crippen molar-refractivity contribution >= 4 is 34.3 Å². The molecule has 182 valence electrons. The fraction of sp³-hybridized carbons (Fsp3) is 0.296. The van der Waals surface area contributed by atoms with Crippen molar-refractivity contribution in [1.29, 1.82) is 0 Å². The fourth-order valence-corrected chi connectivity index (χ4v) is 4.42. The van der Waals surface area contributed by atoms with E-state index in [1.807, 2.05) is 59.5 Å². The second-order valence-electron chi connectivity index (χ2n) is 8.84. The molecule has 1 N–H and O–H groups in total. The van der Waals surface area contributed by atoms with Crippen LogP contribution in [0.15, 0.2) is 77.0 Å². The summed E-state index contributed by atoms with van der Waals surface area (Å²) in [5, 5.41) is 3.80. The Morgan fingerprint density at radius 1 is 1.11 bits per heavy atom. The Morgan fingerprint density at radius 3 is 2.69 bits per heavy atom. The third-order valence-electron chi connectivity index (χ3n) is 5.49. The van der Waals surface area contributed by atoms with E-state index in [1.54, 1.807) is 18.0 Å². The highest BCUT2D eigenvalue weighted by molar-refractivity contribution is 7.09. The Hall–Kier alpha value is -3.65. The van der Waals surface area contributed by atoms with Crippen molar-refractivity contribution in [2.24, 2.45) is 5.92 Å². The first-order valence-corrected chi connectivity index (χ1v) is 12.5. The number of benzene rings is 2. The molecule has 2 amide bonds. The van der Waals surface area contributed by atoms with E-state index in [-0.39, 0.29) is 18.4 Å². The number of amides is 2. The van der Waals surface area contributed by atoms with Gasteiger partial charge in [-0.15, -0.1) is 11.3 Å². The number of furan rings is 1. The maximum Gasteiger partial charge on any atom is 0.408 e. The molecule has 0 unspecified atom stereocenters. The van der Waals surface area contributed by atoms with Crippen LogP contribution in [0, 0.1) is 5.92 Å². The van der Waals surface area contributed by atoms with Gasteiger partial charge in [0.05, 0.1) is 16.7 Å². The van der Waals surface area contributed by atoms with Crippen LogP contribution in [0.3, 0.4) is 0 Å². The van der Waals surface area contributed by atoms with Gasteiger partial charge in [-0.1, -0.05) is 50.2 Å². The molecule has 4 rings (SSSR count). The lowest BCUT2D eigenvalue weighted by Crippen LogP contribution is -2.50. The van der Waals surface area contributed by atoms with Crippen molar-refractivity contribution in [2.75, 3.05) is 6.54 Å². The third kappa shape index (κ3) is 6.93. The number of ether oxygens (including phenoxy) is 1. The zero-order valence-electron chi connectivity index (χ0n) is 19.8. The van der Waals surface area contributed by atoms with E-state index in [9.17, 15) is 9.59 Å². The number of nitrogens with one attached hydrogen (secondary N) is 1. The van der Waals surface area contributed by atoms with Crippen LogP contribution in [0.25, 0.3) is 11.0 Å². The molecular weight excluding hydrogens is 462 g/mol. The maximum atomic E-state index is 13.8. The first kappa shape index (κ1) is 24.5. The number of thiazole rings is 1. The summed E-state index contributed by atoms with van der Waals surface area (Å²) in [4.78, 5) is 33.1. The highest BCUT2D eigenvalue weighted by Crippen LogP contribution is 2.19. The first-order valence-electron chi connectivity index (χ1n) is 11.6. The maximum absolute atomic E-state index is 13.8. The Kier molecular flexibility index (Phi) is 8.15. The summed E-state index contributed by atoms with van der Waals surface area (Å²) in [6.45, 7) is 5.25. The average molecular weight is 492 g/mol. The summed E-state index contributed by atoms with van der Waals surface area (Å²) >= 11 is 1.41. The molecule has 35 heavy (non-hydrogen) atoms. The molecule has 0 aliphatic rings. The first-order chi connectivity index (χ1) is 17.0. The topological polar surface area (TPSA) is 84.7 Å². The van der Waals surface area contributed by atoms with Gasteiger partial charge in [0, 0.05) is 31.1 Å². The largest absolute Gasteiger partial charge is 0.464 e. The molecule has 0 saturated heterocycles. The van der Waals surface area contributed by atoms with Crippen LogP contribution in [0.4, 0.5) is 4.79 Å². The normalized spacial score (nSPS) is 12.0. The molecule has 0 radical (unpaired) electrons. The zero-order valence-corrected chi connectivity index (χ0v) is 20.7. The molecular formula is C27H29N3O4S. The summed E-state index contributed by atoms with van der Waals surface area (Å²) in [7, 11) is 0. The van der Waals surface area contributed by atoms with Crippen molar-refractivity contribution in [3.63, 3.8) is 0 Å². The molecule has 0 aliphatic carbocycles. The second kappa shape index (κ2) is 11.7. The summed E-state index contributed by atoms with van der Waals surface area (Å²) < 4.78 is 10.8. The van der Waals surface area contributed by atoms with Crippen LogP contribution in [-0.2, 0) is 29.1 Å². The quantitative estimate of drug-likeness (QED) is 0.321. The van der Waals surface area contributed by atoms with E-state index < -0.39 is 12.1 Å². The molecule has 0 fully saturated rings. The van der Waals surface area contributed by atoms with Gasteiger partial charge in [0.15, 0.2) is 0 Å². The van der Waals surface area contributed by atoms with Crippen molar-refractivity contribution < 1.29 is 18.7 Å². The van der Waals surface area contributed by atoms with E-state index in [1.165, 1.54) is 11.3 Å². The van der Waals surface area contributed by atoms with Gasteiger partial charge >= 0.3 is 6.09 Å². The van der Waals surface area contributed by atoms with E-state index >= 15 is 0 Å². The number of aromatic nitrogens is 1. The Morgan fingerprint density at radius 2 is 1.94 bits per heavy atom. The lowest BCUT2D eigenvalue weighted by atomic mass is 10.0. The number of rotatable bonds is 10. The Labute approximate surface area is 208 Å². The SMILES string of the molecule is CC(C)CN(Cc1ccc2occc2c1)C(=O)[C@H](Cc1ccccc1)NC(=O)OCc1cncs1. The van der Waals surface area contributed by atoms with Gasteiger partial charge in [-0.2, -0.15) is 0 Å². The number of carbonyl (C=O) groups is 2. The minimum absolute atomic E-state index is 0.114. The van der Waals surface area contributed by atoms with Crippen LogP contribution in [0.5, 0.6) is 0 Å². The molecule has 8 heteroatoms. The number of hydrogen-bond donors (Lipinski definition) is 1. The highest BCUT2D eigenvalue weighted by Gasteiger charge is 2.28. The Balaban J connectivity index is 1.52. The third-order valence-corrected chi connectivity index (χ3v) is 6.24. The lowest BCUT2D eigenvalue weighted by Gasteiger charge is -2.29. The molecule has 2 aromatic carbocycles. The van der Waals surface area contributed by atoms with E-state index in [4.69, 9.17) is 9.15 Å².